The van der Waals surface area contributed by atoms with Crippen molar-refractivity contribution in [3.8, 4) is 0 Å². The Morgan fingerprint density at radius 2 is 0.879 bits per heavy atom. The third-order valence-corrected chi connectivity index (χ3v) is 18.4. The van der Waals surface area contributed by atoms with Gasteiger partial charge < -0.3 is 67.8 Å². The molecule has 0 aliphatic carbocycles. The lowest BCUT2D eigenvalue weighted by Gasteiger charge is -2.47. The SMILES string of the molecule is CCC(=O)O[C@H](CC)CC(=O)NC1[C@H](OCC2OC(O)C(NC(=O)C[C@@H](CC)OCc3ccccc3)[C@@H](OC(=O)C[C@@H](CC)OCc3ccccc3)[C@@H]2OCc2ccccc2)OC(COCc2ccccc2)[C@@H](OP2(=O)OCc3ccccc3CO2)[C@@H]1OC(=O)C[C@@H](CC)OC(=O)CC. The van der Waals surface area contributed by atoms with E-state index in [1.54, 1.807) is 64.1 Å². The molecule has 25 heteroatoms. The van der Waals surface area contributed by atoms with Gasteiger partial charge in [0.15, 0.2) is 24.8 Å². The topological polar surface area (TPSA) is 293 Å². The second-order valence-corrected chi connectivity index (χ2v) is 26.0. The van der Waals surface area contributed by atoms with Gasteiger partial charge in [-0.3, -0.25) is 42.3 Å². The molecular weight excluding hydrogens is 1300 g/mol. The zero-order valence-corrected chi connectivity index (χ0v) is 58.0. The summed E-state index contributed by atoms with van der Waals surface area (Å²) in [6.45, 7) is 9.21. The maximum atomic E-state index is 15.2. The maximum absolute atomic E-state index is 15.2. The van der Waals surface area contributed by atoms with E-state index >= 15 is 4.57 Å². The first-order valence-electron chi connectivity index (χ1n) is 34.2. The van der Waals surface area contributed by atoms with Crippen molar-refractivity contribution in [1.82, 2.24) is 10.6 Å². The zero-order chi connectivity index (χ0) is 70.5. The number of aliphatic hydroxyl groups excluding tert-OH is 1. The molecule has 538 valence electrons. The predicted octanol–water partition coefficient (Wildman–Crippen LogP) is 10.3. The molecule has 3 aliphatic rings. The lowest BCUT2D eigenvalue weighted by atomic mass is 9.95. The Morgan fingerprint density at radius 1 is 0.465 bits per heavy atom. The van der Waals surface area contributed by atoms with E-state index in [1.165, 1.54) is 0 Å². The number of esters is 4. The van der Waals surface area contributed by atoms with Gasteiger partial charge in [0.05, 0.1) is 90.7 Å². The first-order valence-corrected chi connectivity index (χ1v) is 35.6. The average Bonchev–Trinajstić information content (AvgIpc) is 1.34. The number of fused-ring (bicyclic) bond motifs is 1. The van der Waals surface area contributed by atoms with Crippen LogP contribution in [-0.4, -0.2) is 140 Å². The van der Waals surface area contributed by atoms with E-state index in [0.29, 0.717) is 29.5 Å². The van der Waals surface area contributed by atoms with Gasteiger partial charge in [0.1, 0.15) is 48.7 Å². The average molecular weight is 1400 g/mol. The summed E-state index contributed by atoms with van der Waals surface area (Å²) >= 11 is 0. The van der Waals surface area contributed by atoms with Crippen LogP contribution in [0.3, 0.4) is 0 Å². The summed E-state index contributed by atoms with van der Waals surface area (Å²) in [4.78, 5) is 83.9. The van der Waals surface area contributed by atoms with Crippen molar-refractivity contribution in [1.29, 1.82) is 0 Å². The highest BCUT2D eigenvalue weighted by molar-refractivity contribution is 7.48. The lowest BCUT2D eigenvalue weighted by Crippen LogP contribution is -2.68. The number of aliphatic hydroxyl groups is 1. The van der Waals surface area contributed by atoms with Gasteiger partial charge in [-0.25, -0.2) is 4.57 Å². The van der Waals surface area contributed by atoms with Crippen molar-refractivity contribution >= 4 is 43.5 Å². The van der Waals surface area contributed by atoms with E-state index in [-0.39, 0.29) is 78.2 Å². The molecule has 0 bridgehead atoms. The number of rotatable bonds is 38. The maximum Gasteiger partial charge on any atom is 0.475 e. The molecule has 0 saturated carbocycles. The van der Waals surface area contributed by atoms with Crippen molar-refractivity contribution < 1.29 is 104 Å². The third-order valence-electron chi connectivity index (χ3n) is 17.0. The van der Waals surface area contributed by atoms with Crippen LogP contribution in [-0.2, 0) is 139 Å². The second-order valence-electron chi connectivity index (χ2n) is 24.3. The fraction of sp³-hybridized carbons (Fsp3) is 0.514. The second kappa shape index (κ2) is 40.2. The molecule has 0 radical (unpaired) electrons. The number of benzene rings is 5. The Hall–Kier alpha value is -7.29. The summed E-state index contributed by atoms with van der Waals surface area (Å²) < 4.78 is 104. The zero-order valence-electron chi connectivity index (χ0n) is 57.1. The monoisotopic (exact) mass is 1390 g/mol. The van der Waals surface area contributed by atoms with E-state index in [4.69, 9.17) is 65.7 Å². The number of nitrogens with one attached hydrogen (secondary N) is 2. The summed E-state index contributed by atoms with van der Waals surface area (Å²) in [6.07, 6.45) is -16.2. The Balaban J connectivity index is 1.19. The van der Waals surface area contributed by atoms with Crippen LogP contribution in [0.15, 0.2) is 146 Å². The van der Waals surface area contributed by atoms with Crippen LogP contribution in [0.5, 0.6) is 0 Å². The molecule has 0 aromatic heterocycles. The molecule has 24 nitrogen and oxygen atoms in total. The first-order chi connectivity index (χ1) is 48.0. The molecule has 2 fully saturated rings. The fourth-order valence-corrected chi connectivity index (χ4v) is 12.7. The molecule has 99 heavy (non-hydrogen) atoms. The van der Waals surface area contributed by atoms with Gasteiger partial charge in [-0.15, -0.1) is 0 Å². The highest BCUT2D eigenvalue weighted by Crippen LogP contribution is 2.55. The first kappa shape index (κ1) is 77.4. The van der Waals surface area contributed by atoms with E-state index in [0.717, 1.165) is 16.7 Å². The minimum absolute atomic E-state index is 0.00338. The summed E-state index contributed by atoms with van der Waals surface area (Å²) in [5.41, 5.74) is 4.52. The summed E-state index contributed by atoms with van der Waals surface area (Å²) in [7, 11) is -4.73. The van der Waals surface area contributed by atoms with Gasteiger partial charge in [0.25, 0.3) is 0 Å². The third kappa shape index (κ3) is 24.5. The minimum atomic E-state index is -4.73. The molecule has 2 amide bonds. The molecule has 5 aromatic rings. The Labute approximate surface area is 579 Å². The summed E-state index contributed by atoms with van der Waals surface area (Å²) in [6, 6.07) is 41.1. The van der Waals surface area contributed by atoms with Crippen LogP contribution in [0, 0.1) is 0 Å². The molecule has 3 N–H and O–H groups in total. The van der Waals surface area contributed by atoms with Crippen LogP contribution >= 0.6 is 7.82 Å². The fourth-order valence-electron chi connectivity index (χ4n) is 11.3. The molecular formula is C74H95N2O22P. The number of amides is 2. The Bertz CT molecular complexity index is 3310. The van der Waals surface area contributed by atoms with Crippen LogP contribution in [0.4, 0.5) is 0 Å². The number of phosphoric ester groups is 1. The van der Waals surface area contributed by atoms with Crippen molar-refractivity contribution in [3.63, 3.8) is 0 Å². The van der Waals surface area contributed by atoms with Gasteiger partial charge in [-0.05, 0) is 59.1 Å². The number of carbonyl (C=O) groups excluding carboxylic acids is 6. The summed E-state index contributed by atoms with van der Waals surface area (Å²) in [5.74, 6) is -4.19. The predicted molar refractivity (Wildman–Crippen MR) is 359 cm³/mol. The van der Waals surface area contributed by atoms with Crippen LogP contribution in [0.25, 0.3) is 0 Å². The van der Waals surface area contributed by atoms with Gasteiger partial charge in [-0.1, -0.05) is 187 Å². The quantitative estimate of drug-likeness (QED) is 0.0188. The molecule has 3 heterocycles. The van der Waals surface area contributed by atoms with E-state index in [1.807, 2.05) is 123 Å². The molecule has 0 spiro atoms. The normalized spacial score (nSPS) is 23.1. The highest BCUT2D eigenvalue weighted by Gasteiger charge is 2.55. The van der Waals surface area contributed by atoms with E-state index in [9.17, 15) is 33.9 Å². The van der Waals surface area contributed by atoms with E-state index < -0.39 is 155 Å². The molecule has 5 aromatic carbocycles. The van der Waals surface area contributed by atoms with E-state index in [2.05, 4.69) is 10.6 Å². The standard InChI is InChI=1S/C74H95N2O22P/c1-7-55(86-42-50-29-19-14-20-30-50)37-61(77)75-67-71(96-65(81)39-56(8-2)87-43-51-31-21-15-22-32-51)69(88-44-52-33-23-16-24-34-52)60(94-73(67)83)48-89-74-68(76-62(78)38-57(9-3)92-63(79)11-5)72(97-66(82)40-58(10-4)93-64(80)12-6)70(59(95-74)47-85-41-49-27-17-13-18-28-49)98-99(84)90-45-53-35-25-26-36-54(53)46-91-99/h13-36,55-60,67-74,83H,7-12,37-48H2,1-6H3,(H,75,77)(H,76,78)/t55-,56-,57-,58-,59?,60?,67?,68?,69-,70-,71-,72-,73?,74-/m1/s1. The number of hydrogen-bond donors (Lipinski definition) is 3. The molecule has 8 rings (SSSR count). The van der Waals surface area contributed by atoms with Crippen molar-refractivity contribution in [2.45, 2.75) is 231 Å². The molecule has 3 aliphatic heterocycles. The number of carbonyl (C=O) groups is 6. The molecule has 2 saturated heterocycles. The molecule has 5 unspecified atom stereocenters. The smallest absolute Gasteiger partial charge is 0.462 e. The van der Waals surface area contributed by atoms with Gasteiger partial charge in [0, 0.05) is 12.8 Å². The van der Waals surface area contributed by atoms with Gasteiger partial charge >= 0.3 is 31.7 Å². The van der Waals surface area contributed by atoms with Crippen LogP contribution < -0.4 is 10.6 Å². The van der Waals surface area contributed by atoms with Crippen LogP contribution in [0.1, 0.15) is 139 Å². The highest BCUT2D eigenvalue weighted by atomic mass is 31.2. The summed E-state index contributed by atoms with van der Waals surface area (Å²) in [5, 5.41) is 18.2. The van der Waals surface area contributed by atoms with Crippen LogP contribution in [0.2, 0.25) is 0 Å². The number of phosphoric acid groups is 1. The largest absolute Gasteiger partial charge is 0.475 e. The Morgan fingerprint density at radius 3 is 1.37 bits per heavy atom. The van der Waals surface area contributed by atoms with Crippen molar-refractivity contribution in [2.24, 2.45) is 0 Å². The van der Waals surface area contributed by atoms with Crippen molar-refractivity contribution in [2.75, 3.05) is 13.2 Å². The van der Waals surface area contributed by atoms with Gasteiger partial charge in [-0.2, -0.15) is 0 Å². The molecule has 14 atom stereocenters. The van der Waals surface area contributed by atoms with Crippen molar-refractivity contribution in [3.05, 3.63) is 179 Å². The lowest BCUT2D eigenvalue weighted by molar-refractivity contribution is -0.304. The number of hydrogen-bond acceptors (Lipinski definition) is 22. The Kier molecular flexibility index (Phi) is 31.5. The van der Waals surface area contributed by atoms with Gasteiger partial charge in [0.2, 0.25) is 11.8 Å². The minimum Gasteiger partial charge on any atom is -0.462 e. The number of ether oxygens (including phenoxy) is 11.